The number of rotatable bonds is 7. The van der Waals surface area contributed by atoms with Gasteiger partial charge in [0.1, 0.15) is 6.04 Å². The number of ether oxygens (including phenoxy) is 1. The fraction of sp³-hybridized carbons (Fsp3) is 0.320. The molecule has 2 fully saturated rings. The Labute approximate surface area is 209 Å². The Hall–Kier alpha value is -3.53. The number of likely N-dealkylation sites (tertiary alicyclic amines) is 1. The molecule has 1 aliphatic heterocycles. The van der Waals surface area contributed by atoms with Crippen LogP contribution in [-0.4, -0.2) is 45.8 Å². The maximum atomic E-state index is 13.2. The smallest absolute Gasteiger partial charge is 0.310 e. The fourth-order valence-electron chi connectivity index (χ4n) is 4.87. The van der Waals surface area contributed by atoms with Gasteiger partial charge in [0.2, 0.25) is 11.8 Å². The lowest BCUT2D eigenvalue weighted by Crippen LogP contribution is -2.48. The van der Waals surface area contributed by atoms with Crippen molar-refractivity contribution < 1.29 is 19.2 Å². The molecule has 10 heteroatoms. The van der Waals surface area contributed by atoms with Crippen LogP contribution in [0.25, 0.3) is 10.9 Å². The topological polar surface area (TPSA) is 115 Å². The number of nitro benzene ring substituents is 1. The zero-order valence-electron chi connectivity index (χ0n) is 18.9. The van der Waals surface area contributed by atoms with E-state index < -0.39 is 11.0 Å². The predicted molar refractivity (Wildman–Crippen MR) is 132 cm³/mol. The molecule has 1 N–H and O–H groups in total. The summed E-state index contributed by atoms with van der Waals surface area (Å²) in [4.78, 5) is 42.9. The molecule has 9 nitrogen and oxygen atoms in total. The van der Waals surface area contributed by atoms with Crippen LogP contribution in [0.2, 0.25) is 0 Å². The van der Waals surface area contributed by atoms with Crippen LogP contribution in [0.15, 0.2) is 53.1 Å². The second-order valence-corrected chi connectivity index (χ2v) is 9.87. The lowest BCUT2D eigenvalue weighted by molar-refractivity contribution is -0.385. The average molecular weight is 539 g/mol. The van der Waals surface area contributed by atoms with Crippen molar-refractivity contribution in [1.29, 1.82) is 0 Å². The highest BCUT2D eigenvalue weighted by Gasteiger charge is 2.55. The van der Waals surface area contributed by atoms with Gasteiger partial charge in [0.25, 0.3) is 0 Å². The Kier molecular flexibility index (Phi) is 6.14. The Morgan fingerprint density at radius 3 is 2.77 bits per heavy atom. The number of nitrogens with one attached hydrogen (secondary N) is 1. The molecule has 2 amide bonds. The van der Waals surface area contributed by atoms with Crippen LogP contribution in [0.3, 0.4) is 0 Å². The summed E-state index contributed by atoms with van der Waals surface area (Å²) >= 11 is 3.43. The lowest BCUT2D eigenvalue weighted by Gasteiger charge is -2.27. The number of carbonyl (C=O) groups is 2. The van der Waals surface area contributed by atoms with Gasteiger partial charge in [-0.15, -0.1) is 0 Å². The molecule has 1 aliphatic carbocycles. The molecule has 1 saturated carbocycles. The van der Waals surface area contributed by atoms with Crippen molar-refractivity contribution in [3.8, 4) is 5.75 Å². The molecule has 3 atom stereocenters. The number of aromatic nitrogens is 1. The number of benzene rings is 2. The first-order chi connectivity index (χ1) is 16.8. The third-order valence-electron chi connectivity index (χ3n) is 6.67. The van der Waals surface area contributed by atoms with Crippen molar-refractivity contribution in [3.63, 3.8) is 0 Å². The average Bonchev–Trinajstić information content (AvgIpc) is 3.50. The quantitative estimate of drug-likeness (QED) is 0.361. The number of nitro groups is 1. The molecule has 3 aromatic rings. The van der Waals surface area contributed by atoms with Crippen molar-refractivity contribution in [2.24, 2.45) is 5.92 Å². The van der Waals surface area contributed by atoms with Gasteiger partial charge in [0.05, 0.1) is 24.0 Å². The summed E-state index contributed by atoms with van der Waals surface area (Å²) in [6.07, 6.45) is 3.35. The summed E-state index contributed by atoms with van der Waals surface area (Å²) in [6.45, 7) is 0.356. The zero-order chi connectivity index (χ0) is 24.7. The van der Waals surface area contributed by atoms with Crippen LogP contribution in [-0.2, 0) is 22.6 Å². The molecule has 0 radical (unpaired) electrons. The molecular weight excluding hydrogens is 516 g/mol. The standard InChI is InChI=1S/C25H23BrN4O5/c1-35-23-7-14(3-5-20(23)30(33)34)8-24(31)29-21-10-17(21)11-22(29)25(32)28-12-15-2-4-19-16(6-15)9-18(26)13-27-19/h2-7,9,13,17,21-22H,8,10-12H2,1H3,(H,28,32)/t17-,21-,22-/m1/s1. The van der Waals surface area contributed by atoms with E-state index in [1.165, 1.54) is 19.2 Å². The molecule has 2 aliphatic rings. The van der Waals surface area contributed by atoms with E-state index in [1.807, 2.05) is 24.3 Å². The van der Waals surface area contributed by atoms with E-state index in [0.29, 0.717) is 24.4 Å². The minimum absolute atomic E-state index is 0.0495. The highest BCUT2D eigenvalue weighted by Crippen LogP contribution is 2.48. The highest BCUT2D eigenvalue weighted by atomic mass is 79.9. The Morgan fingerprint density at radius 1 is 1.20 bits per heavy atom. The van der Waals surface area contributed by atoms with Crippen LogP contribution in [0.1, 0.15) is 24.0 Å². The molecule has 1 aromatic heterocycles. The monoisotopic (exact) mass is 538 g/mol. The number of amides is 2. The number of carbonyl (C=O) groups excluding carboxylic acids is 2. The molecule has 0 unspecified atom stereocenters. The number of methoxy groups -OCH3 is 1. The van der Waals surface area contributed by atoms with Crippen LogP contribution >= 0.6 is 15.9 Å². The molecule has 0 bridgehead atoms. The fourth-order valence-corrected chi connectivity index (χ4v) is 5.22. The number of fused-ring (bicyclic) bond motifs is 2. The van der Waals surface area contributed by atoms with Gasteiger partial charge in [0.15, 0.2) is 5.75 Å². The SMILES string of the molecule is COc1cc(CC(=O)N2[C@@H](C(=O)NCc3ccc4ncc(Br)cc4c3)C[C@H]3C[C@H]32)ccc1[N+](=O)[O-]. The highest BCUT2D eigenvalue weighted by molar-refractivity contribution is 9.10. The molecular formula is C25H23BrN4O5. The van der Waals surface area contributed by atoms with Gasteiger partial charge in [-0.2, -0.15) is 0 Å². The number of hydrogen-bond donors (Lipinski definition) is 1. The van der Waals surface area contributed by atoms with E-state index in [9.17, 15) is 19.7 Å². The number of nitrogens with zero attached hydrogens (tertiary/aromatic N) is 3. The minimum atomic E-state index is -0.523. The van der Waals surface area contributed by atoms with E-state index in [-0.39, 0.29) is 35.7 Å². The van der Waals surface area contributed by atoms with E-state index in [4.69, 9.17) is 4.74 Å². The summed E-state index contributed by atoms with van der Waals surface area (Å²) in [7, 11) is 1.36. The van der Waals surface area contributed by atoms with Gasteiger partial charge in [-0.25, -0.2) is 0 Å². The van der Waals surface area contributed by atoms with E-state index in [1.54, 1.807) is 17.2 Å². The van der Waals surface area contributed by atoms with Crippen molar-refractivity contribution in [2.75, 3.05) is 7.11 Å². The van der Waals surface area contributed by atoms with Gasteiger partial charge in [-0.05, 0) is 70.1 Å². The van der Waals surface area contributed by atoms with Gasteiger partial charge in [-0.1, -0.05) is 12.1 Å². The number of pyridine rings is 1. The second kappa shape index (κ2) is 9.26. The largest absolute Gasteiger partial charge is 0.490 e. The minimum Gasteiger partial charge on any atom is -0.490 e. The van der Waals surface area contributed by atoms with Crippen molar-refractivity contribution in [2.45, 2.75) is 37.9 Å². The second-order valence-electron chi connectivity index (χ2n) is 8.95. The Balaban J connectivity index is 1.26. The first kappa shape index (κ1) is 23.2. The predicted octanol–water partition coefficient (Wildman–Crippen LogP) is 3.76. The summed E-state index contributed by atoms with van der Waals surface area (Å²) in [5.41, 5.74) is 2.28. The van der Waals surface area contributed by atoms with Gasteiger partial charge >= 0.3 is 5.69 Å². The normalized spacial score (nSPS) is 20.4. The van der Waals surface area contributed by atoms with Gasteiger partial charge in [0, 0.05) is 34.7 Å². The van der Waals surface area contributed by atoms with Gasteiger partial charge in [-0.3, -0.25) is 24.7 Å². The molecule has 1 saturated heterocycles. The Morgan fingerprint density at radius 2 is 2.00 bits per heavy atom. The molecule has 2 heterocycles. The van der Waals surface area contributed by atoms with Crippen LogP contribution < -0.4 is 10.1 Å². The van der Waals surface area contributed by atoms with Crippen LogP contribution in [0.5, 0.6) is 5.75 Å². The maximum absolute atomic E-state index is 13.2. The Bertz CT molecular complexity index is 1350. The van der Waals surface area contributed by atoms with Crippen molar-refractivity contribution >= 4 is 44.3 Å². The van der Waals surface area contributed by atoms with E-state index >= 15 is 0 Å². The molecule has 2 aromatic carbocycles. The van der Waals surface area contributed by atoms with Crippen molar-refractivity contribution in [3.05, 3.63) is 74.4 Å². The summed E-state index contributed by atoms with van der Waals surface area (Å²) in [5.74, 6) is 0.134. The summed E-state index contributed by atoms with van der Waals surface area (Å²) < 4.78 is 6.00. The van der Waals surface area contributed by atoms with Crippen LogP contribution in [0, 0.1) is 16.0 Å². The number of hydrogen-bond acceptors (Lipinski definition) is 6. The number of halogens is 1. The summed E-state index contributed by atoms with van der Waals surface area (Å²) in [6, 6.07) is 11.8. The third-order valence-corrected chi connectivity index (χ3v) is 7.10. The zero-order valence-corrected chi connectivity index (χ0v) is 20.5. The maximum Gasteiger partial charge on any atom is 0.310 e. The van der Waals surface area contributed by atoms with E-state index in [2.05, 4.69) is 26.2 Å². The molecule has 5 rings (SSSR count). The van der Waals surface area contributed by atoms with Crippen molar-refractivity contribution in [1.82, 2.24) is 15.2 Å². The molecule has 35 heavy (non-hydrogen) atoms. The first-order valence-electron chi connectivity index (χ1n) is 11.3. The lowest BCUT2D eigenvalue weighted by atomic mass is 10.1. The molecule has 0 spiro atoms. The summed E-state index contributed by atoms with van der Waals surface area (Å²) in [5, 5.41) is 15.1. The first-order valence-corrected chi connectivity index (χ1v) is 12.1. The number of piperidine rings is 1. The molecule has 180 valence electrons. The van der Waals surface area contributed by atoms with E-state index in [0.717, 1.165) is 27.4 Å². The van der Waals surface area contributed by atoms with Crippen LogP contribution in [0.4, 0.5) is 5.69 Å². The van der Waals surface area contributed by atoms with Gasteiger partial charge < -0.3 is 15.0 Å². The third kappa shape index (κ3) is 4.70.